The molecule has 3 rings (SSSR count). The first kappa shape index (κ1) is 16.9. The van der Waals surface area contributed by atoms with Gasteiger partial charge in [0.25, 0.3) is 0 Å². The summed E-state index contributed by atoms with van der Waals surface area (Å²) in [6.45, 7) is 4.05. The van der Waals surface area contributed by atoms with Gasteiger partial charge in [-0.1, -0.05) is 11.6 Å². The fraction of sp³-hybridized carbons (Fsp3) is 0.529. The van der Waals surface area contributed by atoms with Crippen molar-refractivity contribution >= 4 is 29.2 Å². The summed E-state index contributed by atoms with van der Waals surface area (Å²) in [6.07, 6.45) is 2.54. The van der Waals surface area contributed by atoms with Gasteiger partial charge in [-0.25, -0.2) is 0 Å². The predicted octanol–water partition coefficient (Wildman–Crippen LogP) is 1.45. The summed E-state index contributed by atoms with van der Waals surface area (Å²) in [5.41, 5.74) is 7.31. The van der Waals surface area contributed by atoms with E-state index in [0.717, 1.165) is 44.0 Å². The Morgan fingerprint density at radius 2 is 1.96 bits per heavy atom. The average molecular weight is 350 g/mol. The first-order valence-electron chi connectivity index (χ1n) is 8.46. The quantitative estimate of drug-likeness (QED) is 0.639. The number of halogens is 1. The number of rotatable bonds is 3. The Labute approximate surface area is 147 Å². The number of carbonyl (C=O) groups is 1. The summed E-state index contributed by atoms with van der Waals surface area (Å²) < 4.78 is 0. The molecule has 0 spiro atoms. The van der Waals surface area contributed by atoms with E-state index in [1.165, 1.54) is 5.69 Å². The van der Waals surface area contributed by atoms with Gasteiger partial charge in [-0.15, -0.1) is 0 Å². The Morgan fingerprint density at radius 1 is 1.25 bits per heavy atom. The van der Waals surface area contributed by atoms with Gasteiger partial charge in [0.15, 0.2) is 5.96 Å². The highest BCUT2D eigenvalue weighted by Gasteiger charge is 2.20. The number of benzene rings is 1. The van der Waals surface area contributed by atoms with Crippen molar-refractivity contribution in [2.24, 2.45) is 10.7 Å². The van der Waals surface area contributed by atoms with Gasteiger partial charge in [-0.2, -0.15) is 0 Å². The molecular formula is C17H24ClN5O. The molecule has 0 radical (unpaired) electrons. The van der Waals surface area contributed by atoms with Crippen molar-refractivity contribution in [1.29, 1.82) is 0 Å². The molecule has 1 atom stereocenters. The molecule has 2 fully saturated rings. The molecule has 2 aliphatic rings. The normalized spacial score (nSPS) is 22.5. The van der Waals surface area contributed by atoms with Crippen molar-refractivity contribution in [2.75, 3.05) is 37.6 Å². The van der Waals surface area contributed by atoms with Crippen LogP contribution in [-0.2, 0) is 4.79 Å². The Balaban J connectivity index is 1.49. The number of piperidine rings is 1. The molecule has 6 nitrogen and oxygen atoms in total. The maximum Gasteiger partial charge on any atom is 0.220 e. The SMILES string of the molecule is NC(=NCC1CCCC(=O)N1)N1CCN(c2ccc(Cl)cc2)CC1. The van der Waals surface area contributed by atoms with Crippen molar-refractivity contribution in [3.8, 4) is 0 Å². The van der Waals surface area contributed by atoms with Crippen LogP contribution in [0.25, 0.3) is 0 Å². The van der Waals surface area contributed by atoms with Crippen LogP contribution in [0.15, 0.2) is 29.3 Å². The summed E-state index contributed by atoms with van der Waals surface area (Å²) >= 11 is 5.94. The van der Waals surface area contributed by atoms with Crippen LogP contribution in [0.1, 0.15) is 19.3 Å². The van der Waals surface area contributed by atoms with E-state index in [-0.39, 0.29) is 11.9 Å². The van der Waals surface area contributed by atoms with Gasteiger partial charge in [0.1, 0.15) is 0 Å². The first-order chi connectivity index (χ1) is 11.6. The van der Waals surface area contributed by atoms with Gasteiger partial charge >= 0.3 is 0 Å². The molecule has 2 aliphatic heterocycles. The Bertz CT molecular complexity index is 596. The molecule has 130 valence electrons. The van der Waals surface area contributed by atoms with E-state index in [1.807, 2.05) is 24.3 Å². The van der Waals surface area contributed by atoms with Crippen LogP contribution in [0.4, 0.5) is 5.69 Å². The fourth-order valence-electron chi connectivity index (χ4n) is 3.17. The van der Waals surface area contributed by atoms with Gasteiger partial charge in [0.05, 0.1) is 6.54 Å². The summed E-state index contributed by atoms with van der Waals surface area (Å²) in [6, 6.07) is 8.04. The molecular weight excluding hydrogens is 326 g/mol. The zero-order chi connectivity index (χ0) is 16.9. The second-order valence-corrected chi connectivity index (χ2v) is 6.74. The minimum Gasteiger partial charge on any atom is -0.370 e. The topological polar surface area (TPSA) is 74.0 Å². The number of amides is 1. The van der Waals surface area contributed by atoms with Crippen LogP contribution >= 0.6 is 11.6 Å². The highest BCUT2D eigenvalue weighted by atomic mass is 35.5. The van der Waals surface area contributed by atoms with Crippen molar-refractivity contribution in [2.45, 2.75) is 25.3 Å². The number of carbonyl (C=O) groups excluding carboxylic acids is 1. The van der Waals surface area contributed by atoms with Gasteiger partial charge in [-0.3, -0.25) is 9.79 Å². The van der Waals surface area contributed by atoms with Gasteiger partial charge < -0.3 is 20.9 Å². The van der Waals surface area contributed by atoms with E-state index in [1.54, 1.807) is 0 Å². The van der Waals surface area contributed by atoms with Crippen LogP contribution in [0.5, 0.6) is 0 Å². The highest BCUT2D eigenvalue weighted by molar-refractivity contribution is 6.30. The molecule has 1 amide bonds. The highest BCUT2D eigenvalue weighted by Crippen LogP contribution is 2.19. The number of piperazine rings is 1. The van der Waals surface area contributed by atoms with Crippen LogP contribution in [-0.4, -0.2) is 55.5 Å². The number of hydrogen-bond donors (Lipinski definition) is 2. The smallest absolute Gasteiger partial charge is 0.220 e. The lowest BCUT2D eigenvalue weighted by Gasteiger charge is -2.36. The maximum atomic E-state index is 11.4. The summed E-state index contributed by atoms with van der Waals surface area (Å²) in [5, 5.41) is 3.72. The lowest BCUT2D eigenvalue weighted by molar-refractivity contribution is -0.123. The number of anilines is 1. The number of aliphatic imine (C=N–C) groups is 1. The Hall–Kier alpha value is -1.95. The summed E-state index contributed by atoms with van der Waals surface area (Å²) in [7, 11) is 0. The fourth-order valence-corrected chi connectivity index (χ4v) is 3.29. The Kier molecular flexibility index (Phi) is 5.45. The summed E-state index contributed by atoms with van der Waals surface area (Å²) in [4.78, 5) is 20.3. The second-order valence-electron chi connectivity index (χ2n) is 6.31. The van der Waals surface area contributed by atoms with Crippen molar-refractivity contribution in [1.82, 2.24) is 10.2 Å². The zero-order valence-corrected chi connectivity index (χ0v) is 14.5. The molecule has 0 bridgehead atoms. The second kappa shape index (κ2) is 7.75. The number of nitrogens with one attached hydrogen (secondary N) is 1. The number of hydrogen-bond acceptors (Lipinski definition) is 3. The molecule has 7 heteroatoms. The molecule has 3 N–H and O–H groups in total. The molecule has 0 saturated carbocycles. The van der Waals surface area contributed by atoms with E-state index in [0.29, 0.717) is 18.9 Å². The van der Waals surface area contributed by atoms with Crippen molar-refractivity contribution in [3.63, 3.8) is 0 Å². The zero-order valence-electron chi connectivity index (χ0n) is 13.7. The molecule has 0 aromatic heterocycles. The van der Waals surface area contributed by atoms with E-state index in [9.17, 15) is 4.79 Å². The molecule has 0 aliphatic carbocycles. The third kappa shape index (κ3) is 4.32. The third-order valence-electron chi connectivity index (χ3n) is 4.59. The third-order valence-corrected chi connectivity index (χ3v) is 4.84. The van der Waals surface area contributed by atoms with E-state index >= 15 is 0 Å². The Morgan fingerprint density at radius 3 is 2.62 bits per heavy atom. The van der Waals surface area contributed by atoms with Crippen LogP contribution in [0.3, 0.4) is 0 Å². The standard InChI is InChI=1S/C17H24ClN5O/c18-13-4-6-15(7-5-13)22-8-10-23(11-9-22)17(19)20-12-14-2-1-3-16(24)21-14/h4-7,14H,1-3,8-12H2,(H2,19,20)(H,21,24). The molecule has 24 heavy (non-hydrogen) atoms. The molecule has 1 unspecified atom stereocenters. The van der Waals surface area contributed by atoms with E-state index < -0.39 is 0 Å². The van der Waals surface area contributed by atoms with Crippen molar-refractivity contribution < 1.29 is 4.79 Å². The van der Waals surface area contributed by atoms with E-state index in [2.05, 4.69) is 20.1 Å². The first-order valence-corrected chi connectivity index (χ1v) is 8.84. The number of nitrogens with two attached hydrogens (primary N) is 1. The number of nitrogens with zero attached hydrogens (tertiary/aromatic N) is 3. The van der Waals surface area contributed by atoms with Gasteiger partial charge in [-0.05, 0) is 37.1 Å². The lowest BCUT2D eigenvalue weighted by atomic mass is 10.0. The molecule has 2 saturated heterocycles. The lowest BCUT2D eigenvalue weighted by Crippen LogP contribution is -2.51. The van der Waals surface area contributed by atoms with E-state index in [4.69, 9.17) is 17.3 Å². The van der Waals surface area contributed by atoms with Crippen LogP contribution in [0, 0.1) is 0 Å². The molecule has 2 heterocycles. The monoisotopic (exact) mass is 349 g/mol. The van der Waals surface area contributed by atoms with Crippen LogP contribution in [0.2, 0.25) is 5.02 Å². The van der Waals surface area contributed by atoms with Gasteiger partial charge in [0.2, 0.25) is 5.91 Å². The average Bonchev–Trinajstić information content (AvgIpc) is 2.61. The predicted molar refractivity (Wildman–Crippen MR) is 97.5 cm³/mol. The molecule has 1 aromatic carbocycles. The van der Waals surface area contributed by atoms with Crippen LogP contribution < -0.4 is 16.0 Å². The summed E-state index contributed by atoms with van der Waals surface area (Å²) in [5.74, 6) is 0.696. The minimum absolute atomic E-state index is 0.122. The van der Waals surface area contributed by atoms with Crippen molar-refractivity contribution in [3.05, 3.63) is 29.3 Å². The molecule has 1 aromatic rings. The largest absolute Gasteiger partial charge is 0.370 e. The number of guanidine groups is 1. The minimum atomic E-state index is 0.122. The van der Waals surface area contributed by atoms with Gasteiger partial charge in [0, 0.05) is 49.4 Å². The maximum absolute atomic E-state index is 11.4.